The summed E-state index contributed by atoms with van der Waals surface area (Å²) in [7, 11) is 1.35. The molecule has 0 bridgehead atoms. The van der Waals surface area contributed by atoms with Gasteiger partial charge in [-0.25, -0.2) is 4.68 Å². The molecule has 0 radical (unpaired) electrons. The lowest BCUT2D eigenvalue weighted by molar-refractivity contribution is -0.145. The van der Waals surface area contributed by atoms with E-state index < -0.39 is 5.92 Å². The van der Waals surface area contributed by atoms with Gasteiger partial charge in [0.25, 0.3) is 5.91 Å². The van der Waals surface area contributed by atoms with E-state index in [9.17, 15) is 9.59 Å². The van der Waals surface area contributed by atoms with Crippen molar-refractivity contribution >= 4 is 11.9 Å². The third kappa shape index (κ3) is 4.39. The Bertz CT molecular complexity index is 991. The fourth-order valence-corrected chi connectivity index (χ4v) is 3.12. The third-order valence-electron chi connectivity index (χ3n) is 4.71. The van der Waals surface area contributed by atoms with Crippen LogP contribution in [0.5, 0.6) is 0 Å². The molecule has 0 aliphatic heterocycles. The van der Waals surface area contributed by atoms with Gasteiger partial charge in [-0.3, -0.25) is 9.59 Å². The molecule has 0 spiro atoms. The summed E-state index contributed by atoms with van der Waals surface area (Å²) in [5.41, 5.74) is 1.72. The van der Waals surface area contributed by atoms with Gasteiger partial charge in [0.1, 0.15) is 11.5 Å². The Labute approximate surface area is 169 Å². The Morgan fingerprint density at radius 3 is 2.52 bits per heavy atom. The van der Waals surface area contributed by atoms with Crippen LogP contribution in [0, 0.1) is 12.8 Å². The number of para-hydroxylation sites is 1. The Balaban J connectivity index is 2.00. The van der Waals surface area contributed by atoms with Crippen molar-refractivity contribution in [1.82, 2.24) is 14.7 Å². The Morgan fingerprint density at radius 1 is 1.21 bits per heavy atom. The zero-order valence-corrected chi connectivity index (χ0v) is 17.1. The van der Waals surface area contributed by atoms with Crippen LogP contribution >= 0.6 is 0 Å². The van der Waals surface area contributed by atoms with E-state index in [1.54, 1.807) is 28.8 Å². The quantitative estimate of drug-likeness (QED) is 0.570. The molecule has 3 rings (SSSR count). The first-order valence-corrected chi connectivity index (χ1v) is 9.53. The van der Waals surface area contributed by atoms with Crippen molar-refractivity contribution in [1.29, 1.82) is 0 Å². The van der Waals surface area contributed by atoms with E-state index in [1.165, 1.54) is 7.11 Å². The number of amides is 1. The van der Waals surface area contributed by atoms with E-state index in [0.29, 0.717) is 23.6 Å². The lowest BCUT2D eigenvalue weighted by Gasteiger charge is -2.23. The number of aromatic nitrogens is 2. The van der Waals surface area contributed by atoms with Crippen molar-refractivity contribution in [3.8, 4) is 17.1 Å². The van der Waals surface area contributed by atoms with Crippen LogP contribution in [0.1, 0.15) is 30.0 Å². The molecule has 2 heterocycles. The standard InChI is InChI=1S/C22H25N3O4/c1-5-24(13-15(2)22(27)28-4)21(26)18-14-25(17-9-7-6-8-10-17)23-20(18)19-12-11-16(3)29-19/h6-12,14-15H,5,13H2,1-4H3. The van der Waals surface area contributed by atoms with Crippen LogP contribution in [0.3, 0.4) is 0 Å². The number of esters is 1. The van der Waals surface area contributed by atoms with Gasteiger partial charge >= 0.3 is 5.97 Å². The number of hydrogen-bond donors (Lipinski definition) is 0. The van der Waals surface area contributed by atoms with E-state index in [1.807, 2.05) is 50.2 Å². The summed E-state index contributed by atoms with van der Waals surface area (Å²) in [6.07, 6.45) is 1.70. The summed E-state index contributed by atoms with van der Waals surface area (Å²) in [5, 5.41) is 4.62. The number of nitrogens with zero attached hydrogens (tertiary/aromatic N) is 3. The Morgan fingerprint density at radius 2 is 1.93 bits per heavy atom. The number of methoxy groups -OCH3 is 1. The largest absolute Gasteiger partial charge is 0.469 e. The monoisotopic (exact) mass is 395 g/mol. The molecule has 0 saturated heterocycles. The van der Waals surface area contributed by atoms with E-state index in [-0.39, 0.29) is 18.4 Å². The minimum Gasteiger partial charge on any atom is -0.469 e. The minimum absolute atomic E-state index is 0.213. The van der Waals surface area contributed by atoms with Crippen molar-refractivity contribution in [2.75, 3.05) is 20.2 Å². The van der Waals surface area contributed by atoms with Gasteiger partial charge in [0.2, 0.25) is 0 Å². The summed E-state index contributed by atoms with van der Waals surface area (Å²) in [6, 6.07) is 13.2. The van der Waals surface area contributed by atoms with Crippen molar-refractivity contribution in [2.24, 2.45) is 5.92 Å². The lowest BCUT2D eigenvalue weighted by Crippen LogP contribution is -2.37. The van der Waals surface area contributed by atoms with Crippen LogP contribution in [0.25, 0.3) is 17.1 Å². The lowest BCUT2D eigenvalue weighted by atomic mass is 10.1. The molecule has 1 amide bonds. The smallest absolute Gasteiger partial charge is 0.310 e. The molecular weight excluding hydrogens is 370 g/mol. The van der Waals surface area contributed by atoms with Gasteiger partial charge in [0, 0.05) is 19.3 Å². The number of furan rings is 1. The highest BCUT2D eigenvalue weighted by atomic mass is 16.5. The summed E-state index contributed by atoms with van der Waals surface area (Å²) in [6.45, 7) is 6.17. The predicted molar refractivity (Wildman–Crippen MR) is 109 cm³/mol. The first-order chi connectivity index (χ1) is 13.9. The zero-order chi connectivity index (χ0) is 21.0. The molecular formula is C22H25N3O4. The normalized spacial score (nSPS) is 11.9. The Hall–Kier alpha value is -3.35. The van der Waals surface area contributed by atoms with Crippen LogP contribution in [0.15, 0.2) is 53.1 Å². The molecule has 1 unspecified atom stereocenters. The fraction of sp³-hybridized carbons (Fsp3) is 0.318. The maximum absolute atomic E-state index is 13.3. The SMILES string of the molecule is CCN(CC(C)C(=O)OC)C(=O)c1cn(-c2ccccc2)nc1-c1ccc(C)o1. The van der Waals surface area contributed by atoms with Gasteiger partial charge in [0.15, 0.2) is 5.76 Å². The van der Waals surface area contributed by atoms with E-state index in [2.05, 4.69) is 5.10 Å². The van der Waals surface area contributed by atoms with Crippen molar-refractivity contribution in [2.45, 2.75) is 20.8 Å². The van der Waals surface area contributed by atoms with Crippen molar-refractivity contribution in [3.63, 3.8) is 0 Å². The summed E-state index contributed by atoms with van der Waals surface area (Å²) in [5.74, 6) is 0.270. The van der Waals surface area contributed by atoms with Gasteiger partial charge in [-0.15, -0.1) is 0 Å². The average Bonchev–Trinajstić information content (AvgIpc) is 3.37. The maximum Gasteiger partial charge on any atom is 0.310 e. The van der Waals surface area contributed by atoms with Crippen LogP contribution in [0.2, 0.25) is 0 Å². The van der Waals surface area contributed by atoms with Crippen molar-refractivity contribution < 1.29 is 18.7 Å². The second kappa shape index (κ2) is 8.77. The molecule has 0 fully saturated rings. The minimum atomic E-state index is -0.428. The molecule has 0 aliphatic carbocycles. The first-order valence-electron chi connectivity index (χ1n) is 9.53. The number of carbonyl (C=O) groups excluding carboxylic acids is 2. The van der Waals surface area contributed by atoms with E-state index in [0.717, 1.165) is 11.4 Å². The molecule has 1 aromatic carbocycles. The fourth-order valence-electron chi connectivity index (χ4n) is 3.12. The van der Waals surface area contributed by atoms with Gasteiger partial charge < -0.3 is 14.1 Å². The van der Waals surface area contributed by atoms with E-state index >= 15 is 0 Å². The zero-order valence-electron chi connectivity index (χ0n) is 17.1. The van der Waals surface area contributed by atoms with Crippen LogP contribution in [-0.4, -0.2) is 46.8 Å². The van der Waals surface area contributed by atoms with Crippen LogP contribution < -0.4 is 0 Å². The molecule has 0 aliphatic rings. The molecule has 0 N–H and O–H groups in total. The maximum atomic E-state index is 13.3. The predicted octanol–water partition coefficient (Wildman–Crippen LogP) is 3.71. The highest BCUT2D eigenvalue weighted by molar-refractivity contribution is 5.99. The molecule has 29 heavy (non-hydrogen) atoms. The number of aryl methyl sites for hydroxylation is 1. The molecule has 7 nitrogen and oxygen atoms in total. The number of carbonyl (C=O) groups is 2. The number of ether oxygens (including phenoxy) is 1. The number of hydrogen-bond acceptors (Lipinski definition) is 5. The molecule has 1 atom stereocenters. The third-order valence-corrected chi connectivity index (χ3v) is 4.71. The molecule has 152 valence electrons. The summed E-state index contributed by atoms with van der Waals surface area (Å²) in [4.78, 5) is 26.8. The molecule has 3 aromatic rings. The molecule has 7 heteroatoms. The topological polar surface area (TPSA) is 77.6 Å². The molecule has 2 aromatic heterocycles. The van der Waals surface area contributed by atoms with Crippen molar-refractivity contribution in [3.05, 3.63) is 60.0 Å². The number of rotatable bonds is 7. The first kappa shape index (κ1) is 20.4. The van der Waals surface area contributed by atoms with Crippen LogP contribution in [0.4, 0.5) is 0 Å². The van der Waals surface area contributed by atoms with Gasteiger partial charge in [0.05, 0.1) is 24.3 Å². The van der Waals surface area contributed by atoms with Crippen LogP contribution in [-0.2, 0) is 9.53 Å². The molecule has 0 saturated carbocycles. The summed E-state index contributed by atoms with van der Waals surface area (Å²) >= 11 is 0. The van der Waals surface area contributed by atoms with Gasteiger partial charge in [-0.2, -0.15) is 5.10 Å². The highest BCUT2D eigenvalue weighted by Gasteiger charge is 2.27. The average molecular weight is 395 g/mol. The highest BCUT2D eigenvalue weighted by Crippen LogP contribution is 2.27. The second-order valence-corrected chi connectivity index (χ2v) is 6.85. The summed E-state index contributed by atoms with van der Waals surface area (Å²) < 4.78 is 12.2. The van der Waals surface area contributed by atoms with Gasteiger partial charge in [-0.1, -0.05) is 25.1 Å². The number of benzene rings is 1. The second-order valence-electron chi connectivity index (χ2n) is 6.85. The van der Waals surface area contributed by atoms with E-state index in [4.69, 9.17) is 9.15 Å². The van der Waals surface area contributed by atoms with Gasteiger partial charge in [-0.05, 0) is 38.1 Å². The Kier molecular flexibility index (Phi) is 6.16.